The molecule has 5 heteroatoms. The molecule has 0 fully saturated rings. The number of ether oxygens (including phenoxy) is 2. The van der Waals surface area contributed by atoms with Gasteiger partial charge in [-0.15, -0.1) is 0 Å². The fourth-order valence-corrected chi connectivity index (χ4v) is 2.76. The third kappa shape index (κ3) is 3.16. The van der Waals surface area contributed by atoms with Crippen LogP contribution in [0.4, 0.5) is 0 Å². The first-order valence-corrected chi connectivity index (χ1v) is 7.65. The summed E-state index contributed by atoms with van der Waals surface area (Å²) in [6.07, 6.45) is 0. The molecule has 0 aliphatic rings. The number of rotatable bonds is 4. The average molecular weight is 401 g/mol. The van der Waals surface area contributed by atoms with Gasteiger partial charge in [-0.25, -0.2) is 0 Å². The Balaban J connectivity index is 2.43. The van der Waals surface area contributed by atoms with E-state index >= 15 is 0 Å². The van der Waals surface area contributed by atoms with Crippen molar-refractivity contribution < 1.29 is 9.47 Å². The van der Waals surface area contributed by atoms with Crippen molar-refractivity contribution in [1.29, 1.82) is 0 Å². The zero-order valence-corrected chi connectivity index (χ0v) is 14.4. The molecule has 0 atom stereocenters. The first-order chi connectivity index (χ1) is 9.56. The zero-order chi connectivity index (χ0) is 14.7. The predicted molar refractivity (Wildman–Crippen MR) is 87.5 cm³/mol. The molecule has 0 radical (unpaired) electrons. The lowest BCUT2D eigenvalue weighted by Crippen LogP contribution is -2.01. The number of nitrogens with two attached hydrogens (primary N) is 1. The van der Waals surface area contributed by atoms with Crippen LogP contribution < -0.4 is 15.2 Å². The largest absolute Gasteiger partial charge is 0.496 e. The molecule has 0 saturated heterocycles. The first kappa shape index (κ1) is 15.4. The van der Waals surface area contributed by atoms with Crippen LogP contribution in [0.15, 0.2) is 39.3 Å². The molecular weight excluding hydrogens is 386 g/mol. The van der Waals surface area contributed by atoms with Crippen molar-refractivity contribution >= 4 is 31.9 Å². The third-order valence-corrected chi connectivity index (χ3v) is 4.17. The van der Waals surface area contributed by atoms with Crippen molar-refractivity contribution in [1.82, 2.24) is 0 Å². The fraction of sp³-hybridized carbons (Fsp3) is 0.200. The predicted octanol–water partition coefficient (Wildman–Crippen LogP) is 4.78. The Morgan fingerprint density at radius 3 is 2.40 bits per heavy atom. The number of methoxy groups -OCH3 is 1. The molecule has 2 aromatic rings. The number of halogens is 2. The molecule has 106 valence electrons. The van der Waals surface area contributed by atoms with Crippen molar-refractivity contribution in [3.05, 3.63) is 50.4 Å². The molecule has 20 heavy (non-hydrogen) atoms. The van der Waals surface area contributed by atoms with E-state index in [1.807, 2.05) is 37.3 Å². The Hall–Kier alpha value is -1.04. The summed E-state index contributed by atoms with van der Waals surface area (Å²) in [6, 6.07) is 9.68. The van der Waals surface area contributed by atoms with Gasteiger partial charge in [-0.05, 0) is 56.5 Å². The molecule has 2 rings (SSSR count). The summed E-state index contributed by atoms with van der Waals surface area (Å²) in [4.78, 5) is 0. The summed E-state index contributed by atoms with van der Waals surface area (Å²) < 4.78 is 12.9. The highest BCUT2D eigenvalue weighted by Gasteiger charge is 2.12. The summed E-state index contributed by atoms with van der Waals surface area (Å²) in [5, 5.41) is 0. The molecule has 0 unspecified atom stereocenters. The minimum atomic E-state index is 0.436. The Kier molecular flexibility index (Phi) is 5.07. The fourth-order valence-electron chi connectivity index (χ4n) is 1.87. The summed E-state index contributed by atoms with van der Waals surface area (Å²) in [6.45, 7) is 2.44. The van der Waals surface area contributed by atoms with E-state index in [1.165, 1.54) is 0 Å². The second kappa shape index (κ2) is 6.61. The highest BCUT2D eigenvalue weighted by molar-refractivity contribution is 9.11. The summed E-state index contributed by atoms with van der Waals surface area (Å²) >= 11 is 6.95. The van der Waals surface area contributed by atoms with Crippen LogP contribution in [0, 0.1) is 6.92 Å². The molecular formula is C15H15Br2NO2. The van der Waals surface area contributed by atoms with Gasteiger partial charge >= 0.3 is 0 Å². The Labute approximate surface area is 135 Å². The molecule has 0 spiro atoms. The second-order valence-corrected chi connectivity index (χ2v) is 6.00. The van der Waals surface area contributed by atoms with E-state index in [1.54, 1.807) is 7.11 Å². The third-order valence-electron chi connectivity index (χ3n) is 2.93. The standard InChI is InChI=1S/C15H15Br2NO2/c1-9-4-3-5-10(8-18)15(9)20-14-7-11(16)13(19-2)6-12(14)17/h3-7H,8,18H2,1-2H3. The minimum Gasteiger partial charge on any atom is -0.496 e. The van der Waals surface area contributed by atoms with Crippen molar-refractivity contribution in [2.45, 2.75) is 13.5 Å². The van der Waals surface area contributed by atoms with Crippen LogP contribution >= 0.6 is 31.9 Å². The quantitative estimate of drug-likeness (QED) is 0.803. The second-order valence-electron chi connectivity index (χ2n) is 4.29. The van der Waals surface area contributed by atoms with Gasteiger partial charge in [0, 0.05) is 12.1 Å². The van der Waals surface area contributed by atoms with Gasteiger partial charge in [0.25, 0.3) is 0 Å². The van der Waals surface area contributed by atoms with Crippen LogP contribution in [0.3, 0.4) is 0 Å². The molecule has 3 nitrogen and oxygen atoms in total. The van der Waals surface area contributed by atoms with Crippen LogP contribution in [0.1, 0.15) is 11.1 Å². The maximum absolute atomic E-state index is 6.03. The van der Waals surface area contributed by atoms with Gasteiger partial charge in [0.05, 0.1) is 16.1 Å². The summed E-state index contributed by atoms with van der Waals surface area (Å²) in [7, 11) is 1.63. The first-order valence-electron chi connectivity index (χ1n) is 6.06. The highest BCUT2D eigenvalue weighted by Crippen LogP contribution is 2.39. The molecule has 0 amide bonds. The van der Waals surface area contributed by atoms with E-state index in [-0.39, 0.29) is 0 Å². The minimum absolute atomic E-state index is 0.436. The Bertz CT molecular complexity index is 630. The molecule has 0 aliphatic carbocycles. The van der Waals surface area contributed by atoms with E-state index in [0.717, 1.165) is 31.6 Å². The molecule has 2 N–H and O–H groups in total. The van der Waals surface area contributed by atoms with Crippen LogP contribution in [-0.4, -0.2) is 7.11 Å². The van der Waals surface area contributed by atoms with Crippen molar-refractivity contribution in [3.63, 3.8) is 0 Å². The van der Waals surface area contributed by atoms with Crippen molar-refractivity contribution in [2.24, 2.45) is 5.73 Å². The van der Waals surface area contributed by atoms with Crippen molar-refractivity contribution in [3.8, 4) is 17.2 Å². The van der Waals surface area contributed by atoms with Gasteiger partial charge in [-0.1, -0.05) is 18.2 Å². The number of hydrogen-bond acceptors (Lipinski definition) is 3. The van der Waals surface area contributed by atoms with Gasteiger partial charge in [0.1, 0.15) is 17.2 Å². The van der Waals surface area contributed by atoms with Crippen LogP contribution in [0.25, 0.3) is 0 Å². The Morgan fingerprint density at radius 1 is 1.10 bits per heavy atom. The van der Waals surface area contributed by atoms with Crippen LogP contribution in [-0.2, 0) is 6.54 Å². The van der Waals surface area contributed by atoms with E-state index in [9.17, 15) is 0 Å². The van der Waals surface area contributed by atoms with Crippen LogP contribution in [0.5, 0.6) is 17.2 Å². The topological polar surface area (TPSA) is 44.5 Å². The summed E-state index contributed by atoms with van der Waals surface area (Å²) in [5.74, 6) is 2.25. The SMILES string of the molecule is COc1cc(Br)c(Oc2c(C)cccc2CN)cc1Br. The van der Waals surface area contributed by atoms with E-state index < -0.39 is 0 Å². The van der Waals surface area contributed by atoms with Gasteiger partial charge in [0.15, 0.2) is 0 Å². The van der Waals surface area contributed by atoms with E-state index in [0.29, 0.717) is 12.3 Å². The number of para-hydroxylation sites is 1. The van der Waals surface area contributed by atoms with E-state index in [4.69, 9.17) is 15.2 Å². The average Bonchev–Trinajstić information content (AvgIpc) is 2.44. The normalized spacial score (nSPS) is 10.4. The van der Waals surface area contributed by atoms with Gasteiger partial charge < -0.3 is 15.2 Å². The smallest absolute Gasteiger partial charge is 0.143 e. The summed E-state index contributed by atoms with van der Waals surface area (Å²) in [5.41, 5.74) is 7.79. The van der Waals surface area contributed by atoms with Gasteiger partial charge in [-0.2, -0.15) is 0 Å². The number of aryl methyl sites for hydroxylation is 1. The maximum Gasteiger partial charge on any atom is 0.143 e. The highest BCUT2D eigenvalue weighted by atomic mass is 79.9. The lowest BCUT2D eigenvalue weighted by atomic mass is 10.1. The number of hydrogen-bond donors (Lipinski definition) is 1. The Morgan fingerprint density at radius 2 is 1.75 bits per heavy atom. The van der Waals surface area contributed by atoms with Gasteiger partial charge in [0.2, 0.25) is 0 Å². The van der Waals surface area contributed by atoms with Crippen molar-refractivity contribution in [2.75, 3.05) is 7.11 Å². The lowest BCUT2D eigenvalue weighted by Gasteiger charge is -2.15. The molecule has 0 saturated carbocycles. The molecule has 2 aromatic carbocycles. The molecule has 0 aromatic heterocycles. The van der Waals surface area contributed by atoms with Gasteiger partial charge in [-0.3, -0.25) is 0 Å². The lowest BCUT2D eigenvalue weighted by molar-refractivity contribution is 0.409. The molecule has 0 aliphatic heterocycles. The number of benzene rings is 2. The van der Waals surface area contributed by atoms with E-state index in [2.05, 4.69) is 31.9 Å². The monoisotopic (exact) mass is 399 g/mol. The molecule has 0 heterocycles. The maximum atomic E-state index is 6.03. The zero-order valence-electron chi connectivity index (χ0n) is 11.2. The van der Waals surface area contributed by atoms with Crippen LogP contribution in [0.2, 0.25) is 0 Å². The molecule has 0 bridgehead atoms.